The topological polar surface area (TPSA) is 40.5 Å². The molecule has 2 nitrogen and oxygen atoms in total. The highest BCUT2D eigenvalue weighted by molar-refractivity contribution is 7.99. The SMILES string of the molecule is CCCC(O)C(O)CCc1ccc(SCC)cc1. The number of aliphatic hydroxyl groups excluding tert-OH is 2. The van der Waals surface area contributed by atoms with Gasteiger partial charge >= 0.3 is 0 Å². The molecule has 0 aliphatic rings. The lowest BCUT2D eigenvalue weighted by Gasteiger charge is -2.16. The van der Waals surface area contributed by atoms with Crippen LogP contribution >= 0.6 is 11.8 Å². The van der Waals surface area contributed by atoms with E-state index in [2.05, 4.69) is 31.2 Å². The van der Waals surface area contributed by atoms with Crippen LogP contribution in [0.4, 0.5) is 0 Å². The molecule has 0 radical (unpaired) electrons. The molecule has 1 aromatic carbocycles. The Balaban J connectivity index is 2.38. The van der Waals surface area contributed by atoms with Crippen molar-refractivity contribution in [2.45, 2.75) is 56.6 Å². The largest absolute Gasteiger partial charge is 0.390 e. The molecule has 0 heterocycles. The summed E-state index contributed by atoms with van der Waals surface area (Å²) in [6, 6.07) is 8.46. The summed E-state index contributed by atoms with van der Waals surface area (Å²) in [5.74, 6) is 1.08. The molecular weight excluding hydrogens is 244 g/mol. The summed E-state index contributed by atoms with van der Waals surface area (Å²) in [6.45, 7) is 4.16. The number of aryl methyl sites for hydroxylation is 1. The van der Waals surface area contributed by atoms with E-state index in [1.165, 1.54) is 10.5 Å². The van der Waals surface area contributed by atoms with Crippen LogP contribution in [0.3, 0.4) is 0 Å². The Bertz CT molecular complexity index is 324. The van der Waals surface area contributed by atoms with E-state index in [4.69, 9.17) is 0 Å². The van der Waals surface area contributed by atoms with E-state index < -0.39 is 12.2 Å². The summed E-state index contributed by atoms with van der Waals surface area (Å²) >= 11 is 1.83. The van der Waals surface area contributed by atoms with Gasteiger partial charge in [0, 0.05) is 4.90 Å². The van der Waals surface area contributed by atoms with Crippen LogP contribution < -0.4 is 0 Å². The first-order chi connectivity index (χ1) is 8.67. The second-order valence-electron chi connectivity index (χ2n) is 4.54. The third-order valence-electron chi connectivity index (χ3n) is 2.99. The molecule has 0 spiro atoms. The van der Waals surface area contributed by atoms with Crippen LogP contribution in [0.5, 0.6) is 0 Å². The van der Waals surface area contributed by atoms with Crippen LogP contribution in [0, 0.1) is 0 Å². The van der Waals surface area contributed by atoms with Gasteiger partial charge in [-0.05, 0) is 42.7 Å². The minimum atomic E-state index is -0.602. The van der Waals surface area contributed by atoms with Crippen LogP contribution in [0.25, 0.3) is 0 Å². The molecule has 3 heteroatoms. The first-order valence-corrected chi connectivity index (χ1v) is 7.73. The van der Waals surface area contributed by atoms with Crippen molar-refractivity contribution in [3.8, 4) is 0 Å². The van der Waals surface area contributed by atoms with Crippen molar-refractivity contribution in [2.24, 2.45) is 0 Å². The molecule has 2 N–H and O–H groups in total. The Morgan fingerprint density at radius 1 is 1.00 bits per heavy atom. The molecule has 0 bridgehead atoms. The van der Waals surface area contributed by atoms with Gasteiger partial charge in [-0.15, -0.1) is 11.8 Å². The van der Waals surface area contributed by atoms with Crippen LogP contribution in [0.2, 0.25) is 0 Å². The van der Waals surface area contributed by atoms with Gasteiger partial charge in [-0.1, -0.05) is 32.4 Å². The van der Waals surface area contributed by atoms with Gasteiger partial charge in [-0.25, -0.2) is 0 Å². The number of aliphatic hydroxyl groups is 2. The van der Waals surface area contributed by atoms with E-state index in [-0.39, 0.29) is 0 Å². The van der Waals surface area contributed by atoms with Crippen molar-refractivity contribution in [3.63, 3.8) is 0 Å². The molecule has 0 aliphatic heterocycles. The molecule has 0 aromatic heterocycles. The molecule has 18 heavy (non-hydrogen) atoms. The number of hydrogen-bond acceptors (Lipinski definition) is 3. The number of hydrogen-bond donors (Lipinski definition) is 2. The Morgan fingerprint density at radius 3 is 2.17 bits per heavy atom. The molecular formula is C15H24O2S. The quantitative estimate of drug-likeness (QED) is 0.711. The van der Waals surface area contributed by atoms with Crippen LogP contribution in [0.1, 0.15) is 38.7 Å². The van der Waals surface area contributed by atoms with Gasteiger partial charge in [0.15, 0.2) is 0 Å². The second-order valence-corrected chi connectivity index (χ2v) is 5.88. The lowest BCUT2D eigenvalue weighted by Crippen LogP contribution is -2.26. The van der Waals surface area contributed by atoms with Crippen LogP contribution in [0.15, 0.2) is 29.2 Å². The highest BCUT2D eigenvalue weighted by Gasteiger charge is 2.14. The minimum absolute atomic E-state index is 0.579. The van der Waals surface area contributed by atoms with E-state index >= 15 is 0 Å². The number of thioether (sulfide) groups is 1. The van der Waals surface area contributed by atoms with E-state index in [9.17, 15) is 10.2 Å². The average Bonchev–Trinajstić information content (AvgIpc) is 2.38. The Hall–Kier alpha value is -0.510. The van der Waals surface area contributed by atoms with Crippen molar-refractivity contribution < 1.29 is 10.2 Å². The molecule has 1 rings (SSSR count). The Labute approximate surface area is 114 Å². The number of benzene rings is 1. The fourth-order valence-corrected chi connectivity index (χ4v) is 2.58. The maximum atomic E-state index is 9.79. The van der Waals surface area contributed by atoms with E-state index in [0.717, 1.165) is 18.6 Å². The van der Waals surface area contributed by atoms with Gasteiger partial charge in [0.1, 0.15) is 0 Å². The monoisotopic (exact) mass is 268 g/mol. The summed E-state index contributed by atoms with van der Waals surface area (Å²) in [6.07, 6.45) is 1.84. The minimum Gasteiger partial charge on any atom is -0.390 e. The average molecular weight is 268 g/mol. The first-order valence-electron chi connectivity index (χ1n) is 6.75. The fraction of sp³-hybridized carbons (Fsp3) is 0.600. The molecule has 2 unspecified atom stereocenters. The Kier molecular flexibility index (Phi) is 7.40. The normalized spacial score (nSPS) is 14.4. The van der Waals surface area contributed by atoms with Gasteiger partial charge in [0.25, 0.3) is 0 Å². The highest BCUT2D eigenvalue weighted by atomic mass is 32.2. The fourth-order valence-electron chi connectivity index (χ4n) is 1.91. The van der Waals surface area contributed by atoms with Gasteiger partial charge in [-0.2, -0.15) is 0 Å². The summed E-state index contributed by atoms with van der Waals surface area (Å²) in [7, 11) is 0. The second kappa shape index (κ2) is 8.57. The zero-order valence-electron chi connectivity index (χ0n) is 11.3. The zero-order valence-corrected chi connectivity index (χ0v) is 12.1. The van der Waals surface area contributed by atoms with Gasteiger partial charge in [-0.3, -0.25) is 0 Å². The third-order valence-corrected chi connectivity index (χ3v) is 3.89. The summed E-state index contributed by atoms with van der Waals surface area (Å²) in [5.41, 5.74) is 1.22. The highest BCUT2D eigenvalue weighted by Crippen LogP contribution is 2.19. The third kappa shape index (κ3) is 5.42. The van der Waals surface area contributed by atoms with Crippen molar-refractivity contribution in [1.82, 2.24) is 0 Å². The van der Waals surface area contributed by atoms with Crippen molar-refractivity contribution in [3.05, 3.63) is 29.8 Å². The molecule has 0 amide bonds. The molecule has 0 saturated carbocycles. The van der Waals surface area contributed by atoms with Gasteiger partial charge in [0.2, 0.25) is 0 Å². The van der Waals surface area contributed by atoms with E-state index in [1.807, 2.05) is 18.7 Å². The number of rotatable bonds is 8. The standard InChI is InChI=1S/C15H24O2S/c1-3-5-14(16)15(17)11-8-12-6-9-13(10-7-12)18-4-2/h6-7,9-10,14-17H,3-5,8,11H2,1-2H3. The summed E-state index contributed by atoms with van der Waals surface area (Å²) in [4.78, 5) is 1.29. The molecule has 2 atom stereocenters. The molecule has 0 saturated heterocycles. The molecule has 0 fully saturated rings. The van der Waals surface area contributed by atoms with Crippen molar-refractivity contribution in [2.75, 3.05) is 5.75 Å². The van der Waals surface area contributed by atoms with Crippen molar-refractivity contribution >= 4 is 11.8 Å². The molecule has 1 aromatic rings. The smallest absolute Gasteiger partial charge is 0.0802 e. The Morgan fingerprint density at radius 2 is 1.61 bits per heavy atom. The lowest BCUT2D eigenvalue weighted by molar-refractivity contribution is 0.00981. The molecule has 0 aliphatic carbocycles. The first kappa shape index (κ1) is 15.5. The van der Waals surface area contributed by atoms with Gasteiger partial charge in [0.05, 0.1) is 12.2 Å². The maximum absolute atomic E-state index is 9.79. The molecule has 102 valence electrons. The maximum Gasteiger partial charge on any atom is 0.0802 e. The van der Waals surface area contributed by atoms with Crippen molar-refractivity contribution in [1.29, 1.82) is 0 Å². The lowest BCUT2D eigenvalue weighted by atomic mass is 10.0. The summed E-state index contributed by atoms with van der Waals surface area (Å²) < 4.78 is 0. The van der Waals surface area contributed by atoms with Gasteiger partial charge < -0.3 is 10.2 Å². The van der Waals surface area contributed by atoms with E-state index in [1.54, 1.807) is 0 Å². The predicted octanol–water partition coefficient (Wildman–Crippen LogP) is 3.25. The van der Waals surface area contributed by atoms with E-state index in [0.29, 0.717) is 12.8 Å². The van der Waals surface area contributed by atoms with Crippen LogP contribution in [-0.2, 0) is 6.42 Å². The zero-order chi connectivity index (χ0) is 13.4. The van der Waals surface area contributed by atoms with Crippen LogP contribution in [-0.4, -0.2) is 28.2 Å². The predicted molar refractivity (Wildman–Crippen MR) is 78.1 cm³/mol. The summed E-state index contributed by atoms with van der Waals surface area (Å²) in [5, 5.41) is 19.5.